The number of rotatable bonds is 2. The van der Waals surface area contributed by atoms with E-state index in [1.807, 2.05) is 19.9 Å². The molecule has 3 rings (SSSR count). The smallest absolute Gasteiger partial charge is 0.255 e. The van der Waals surface area contributed by atoms with Gasteiger partial charge in [0.2, 0.25) is 5.88 Å². The van der Waals surface area contributed by atoms with Crippen LogP contribution in [0.4, 0.5) is 4.39 Å². The van der Waals surface area contributed by atoms with E-state index in [-0.39, 0.29) is 28.7 Å². The molecular weight excluding hydrogens is 337 g/mol. The van der Waals surface area contributed by atoms with Crippen molar-refractivity contribution < 1.29 is 18.7 Å². The molecule has 1 fully saturated rings. The number of nitrogens with zero attached hydrogens (tertiary/aromatic N) is 3. The molecular formula is C19H20FN3O3. The van der Waals surface area contributed by atoms with Crippen LogP contribution in [0.3, 0.4) is 0 Å². The first-order valence-electron chi connectivity index (χ1n) is 8.38. The van der Waals surface area contributed by atoms with Crippen molar-refractivity contribution in [1.82, 2.24) is 9.88 Å². The number of halogens is 1. The highest BCUT2D eigenvalue weighted by molar-refractivity contribution is 6.03. The maximum Gasteiger partial charge on any atom is 0.255 e. The highest BCUT2D eigenvalue weighted by atomic mass is 19.1. The SMILES string of the molecule is COc1ncc(C(=O)N2CCC3(C=C(C#N)C(=O)C(C)(C)C3)C2)cc1F. The number of nitriles is 1. The van der Waals surface area contributed by atoms with Crippen LogP contribution in [0.1, 0.15) is 37.0 Å². The lowest BCUT2D eigenvalue weighted by Crippen LogP contribution is -2.40. The van der Waals surface area contributed by atoms with E-state index in [2.05, 4.69) is 4.98 Å². The molecule has 1 unspecified atom stereocenters. The van der Waals surface area contributed by atoms with Crippen LogP contribution < -0.4 is 4.74 Å². The molecule has 0 aromatic carbocycles. The second kappa shape index (κ2) is 6.20. The summed E-state index contributed by atoms with van der Waals surface area (Å²) >= 11 is 0. The average Bonchev–Trinajstić information content (AvgIpc) is 3.00. The summed E-state index contributed by atoms with van der Waals surface area (Å²) in [6.45, 7) is 4.52. The van der Waals surface area contributed by atoms with Crippen molar-refractivity contribution in [1.29, 1.82) is 5.26 Å². The molecule has 26 heavy (non-hydrogen) atoms. The minimum atomic E-state index is -0.691. The summed E-state index contributed by atoms with van der Waals surface area (Å²) in [6, 6.07) is 3.11. The number of allylic oxidation sites excluding steroid dienone is 1. The van der Waals surface area contributed by atoms with Crippen molar-refractivity contribution in [3.63, 3.8) is 0 Å². The summed E-state index contributed by atoms with van der Waals surface area (Å²) in [5, 5.41) is 9.29. The molecule has 136 valence electrons. The normalized spacial score (nSPS) is 24.3. The van der Waals surface area contributed by atoms with Gasteiger partial charge < -0.3 is 9.64 Å². The predicted molar refractivity (Wildman–Crippen MR) is 90.8 cm³/mol. The number of likely N-dealkylation sites (tertiary alicyclic amines) is 1. The third-order valence-electron chi connectivity index (χ3n) is 5.14. The molecule has 6 nitrogen and oxygen atoms in total. The Morgan fingerprint density at radius 3 is 2.81 bits per heavy atom. The van der Waals surface area contributed by atoms with E-state index in [1.165, 1.54) is 13.3 Å². The van der Waals surface area contributed by atoms with E-state index in [4.69, 9.17) is 4.74 Å². The minimum Gasteiger partial charge on any atom is -0.479 e. The maximum absolute atomic E-state index is 13.8. The fourth-order valence-corrected chi connectivity index (χ4v) is 4.04. The Morgan fingerprint density at radius 1 is 1.46 bits per heavy atom. The van der Waals surface area contributed by atoms with Crippen molar-refractivity contribution in [3.8, 4) is 11.9 Å². The van der Waals surface area contributed by atoms with E-state index in [1.54, 1.807) is 11.0 Å². The first-order chi connectivity index (χ1) is 12.2. The van der Waals surface area contributed by atoms with E-state index in [0.717, 1.165) is 6.07 Å². The second-order valence-electron chi connectivity index (χ2n) is 7.61. The number of aromatic nitrogens is 1. The molecule has 1 atom stereocenters. The number of amides is 1. The largest absolute Gasteiger partial charge is 0.479 e. The molecule has 7 heteroatoms. The Kier molecular flexibility index (Phi) is 4.31. The number of ether oxygens (including phenoxy) is 1. The van der Waals surface area contributed by atoms with Crippen LogP contribution in [0.25, 0.3) is 0 Å². The van der Waals surface area contributed by atoms with Crippen molar-refractivity contribution >= 4 is 11.7 Å². The third-order valence-corrected chi connectivity index (χ3v) is 5.14. The monoisotopic (exact) mass is 357 g/mol. The topological polar surface area (TPSA) is 83.3 Å². The molecule has 1 amide bonds. The zero-order valence-electron chi connectivity index (χ0n) is 15.0. The van der Waals surface area contributed by atoms with Crippen molar-refractivity contribution in [2.45, 2.75) is 26.7 Å². The molecule has 1 aromatic rings. The van der Waals surface area contributed by atoms with E-state index in [0.29, 0.717) is 25.9 Å². The van der Waals surface area contributed by atoms with Crippen LogP contribution in [0, 0.1) is 28.0 Å². The number of carbonyl (C=O) groups is 2. The fourth-order valence-electron chi connectivity index (χ4n) is 4.04. The van der Waals surface area contributed by atoms with Crippen LogP contribution in [0.2, 0.25) is 0 Å². The summed E-state index contributed by atoms with van der Waals surface area (Å²) < 4.78 is 18.6. The van der Waals surface area contributed by atoms with Gasteiger partial charge in [0.05, 0.1) is 18.2 Å². The number of methoxy groups -OCH3 is 1. The summed E-state index contributed by atoms with van der Waals surface area (Å²) in [5.41, 5.74) is -0.743. The summed E-state index contributed by atoms with van der Waals surface area (Å²) in [5.74, 6) is -1.33. The lowest BCUT2D eigenvalue weighted by atomic mass is 9.64. The zero-order chi connectivity index (χ0) is 19.1. The van der Waals surface area contributed by atoms with Crippen LogP contribution in [0.15, 0.2) is 23.9 Å². The van der Waals surface area contributed by atoms with Gasteiger partial charge >= 0.3 is 0 Å². The molecule has 1 aliphatic heterocycles. The van der Waals surface area contributed by atoms with Crippen molar-refractivity contribution in [2.75, 3.05) is 20.2 Å². The Labute approximate surface area is 151 Å². The zero-order valence-corrected chi connectivity index (χ0v) is 15.0. The molecule has 1 aliphatic carbocycles. The van der Waals surface area contributed by atoms with Gasteiger partial charge in [0.25, 0.3) is 5.91 Å². The number of Topliss-reactive ketones (excluding diaryl/α,β-unsaturated/α-hetero) is 1. The van der Waals surface area contributed by atoms with Gasteiger partial charge in [-0.3, -0.25) is 9.59 Å². The van der Waals surface area contributed by atoms with Gasteiger partial charge in [0.1, 0.15) is 6.07 Å². The van der Waals surface area contributed by atoms with E-state index < -0.39 is 16.6 Å². The molecule has 1 saturated heterocycles. The Bertz CT molecular complexity index is 856. The molecule has 0 saturated carbocycles. The number of pyridine rings is 1. The first-order valence-corrected chi connectivity index (χ1v) is 8.38. The fraction of sp³-hybridized carbons (Fsp3) is 0.474. The molecule has 0 bridgehead atoms. The average molecular weight is 357 g/mol. The molecule has 2 aliphatic rings. The van der Waals surface area contributed by atoms with Crippen LogP contribution >= 0.6 is 0 Å². The van der Waals surface area contributed by atoms with Crippen LogP contribution in [0.5, 0.6) is 5.88 Å². The van der Waals surface area contributed by atoms with Gasteiger partial charge in [-0.25, -0.2) is 9.37 Å². The van der Waals surface area contributed by atoms with Crippen LogP contribution in [-0.4, -0.2) is 41.8 Å². The Hall–Kier alpha value is -2.75. The standard InChI is InChI=1S/C19H20FN3O3/c1-18(2)10-19(7-13(8-21)15(18)24)4-5-23(11-19)17(25)12-6-14(20)16(26-3)22-9-12/h6-7,9H,4-5,10-11H2,1-3H3. The number of hydrogen-bond donors (Lipinski definition) is 0. The van der Waals surface area contributed by atoms with Gasteiger partial charge in [-0.05, 0) is 18.9 Å². The van der Waals surface area contributed by atoms with Crippen molar-refractivity contribution in [3.05, 3.63) is 35.3 Å². The summed E-state index contributed by atoms with van der Waals surface area (Å²) in [7, 11) is 1.31. The molecule has 2 heterocycles. The molecule has 1 spiro atoms. The highest BCUT2D eigenvalue weighted by Crippen LogP contribution is 2.48. The lowest BCUT2D eigenvalue weighted by Gasteiger charge is -2.38. The first kappa shape index (κ1) is 18.1. The number of carbonyl (C=O) groups excluding carboxylic acids is 2. The van der Waals surface area contributed by atoms with Gasteiger partial charge in [-0.2, -0.15) is 5.26 Å². The van der Waals surface area contributed by atoms with Gasteiger partial charge in [0.15, 0.2) is 11.6 Å². The number of ketones is 1. The molecule has 0 radical (unpaired) electrons. The van der Waals surface area contributed by atoms with Crippen molar-refractivity contribution in [2.24, 2.45) is 10.8 Å². The summed E-state index contributed by atoms with van der Waals surface area (Å²) in [4.78, 5) is 30.5. The molecule has 0 N–H and O–H groups in total. The quantitative estimate of drug-likeness (QED) is 0.812. The third kappa shape index (κ3) is 2.96. The lowest BCUT2D eigenvalue weighted by molar-refractivity contribution is -0.125. The number of hydrogen-bond acceptors (Lipinski definition) is 5. The van der Waals surface area contributed by atoms with Gasteiger partial charge in [-0.1, -0.05) is 19.9 Å². The van der Waals surface area contributed by atoms with E-state index >= 15 is 0 Å². The van der Waals surface area contributed by atoms with Gasteiger partial charge in [0, 0.05) is 30.1 Å². The Balaban J connectivity index is 1.85. The highest BCUT2D eigenvalue weighted by Gasteiger charge is 2.48. The van der Waals surface area contributed by atoms with E-state index in [9.17, 15) is 19.2 Å². The van der Waals surface area contributed by atoms with Gasteiger partial charge in [-0.15, -0.1) is 0 Å². The predicted octanol–water partition coefficient (Wildman–Crippen LogP) is 2.51. The summed E-state index contributed by atoms with van der Waals surface area (Å²) in [6.07, 6.45) is 4.25. The molecule has 1 aromatic heterocycles. The Morgan fingerprint density at radius 2 is 2.19 bits per heavy atom. The van der Waals surface area contributed by atoms with Crippen LogP contribution in [-0.2, 0) is 4.79 Å². The maximum atomic E-state index is 13.8. The minimum absolute atomic E-state index is 0.149. The second-order valence-corrected chi connectivity index (χ2v) is 7.61.